The molecule has 20 heavy (non-hydrogen) atoms. The van der Waals surface area contributed by atoms with Crippen molar-refractivity contribution in [3.05, 3.63) is 29.3 Å². The number of carbonyl (C=O) groups excluding carboxylic acids is 1. The molecule has 110 valence electrons. The van der Waals surface area contributed by atoms with E-state index in [1.54, 1.807) is 4.90 Å². The van der Waals surface area contributed by atoms with Gasteiger partial charge >= 0.3 is 0 Å². The Morgan fingerprint density at radius 1 is 1.40 bits per heavy atom. The minimum atomic E-state index is -0.0374. The molecule has 1 N–H and O–H groups in total. The van der Waals surface area contributed by atoms with Crippen LogP contribution in [0.25, 0.3) is 0 Å². The smallest absolute Gasteiger partial charge is 0.260 e. The van der Waals surface area contributed by atoms with Crippen LogP contribution in [0.15, 0.2) is 18.2 Å². The van der Waals surface area contributed by atoms with Gasteiger partial charge in [-0.15, -0.1) is 0 Å². The summed E-state index contributed by atoms with van der Waals surface area (Å²) in [6, 6.07) is 6.13. The van der Waals surface area contributed by atoms with Gasteiger partial charge in [0, 0.05) is 12.6 Å². The van der Waals surface area contributed by atoms with Gasteiger partial charge in [-0.3, -0.25) is 4.79 Å². The number of hydrogen-bond donors (Lipinski definition) is 1. The molecule has 1 aliphatic rings. The van der Waals surface area contributed by atoms with E-state index in [2.05, 4.69) is 0 Å². The topological polar surface area (TPSA) is 49.8 Å². The first-order valence-electron chi connectivity index (χ1n) is 7.23. The number of aliphatic hydroxyl groups is 1. The van der Waals surface area contributed by atoms with Crippen molar-refractivity contribution in [1.82, 2.24) is 4.90 Å². The minimum absolute atomic E-state index is 0.00567. The van der Waals surface area contributed by atoms with Crippen LogP contribution < -0.4 is 4.74 Å². The van der Waals surface area contributed by atoms with Crippen molar-refractivity contribution in [3.8, 4) is 5.75 Å². The molecular formula is C16H23NO3. The summed E-state index contributed by atoms with van der Waals surface area (Å²) in [5.41, 5.74) is 2.22. The SMILES string of the molecule is Cc1cccc(OCC(=O)N(CCO)C2CCC2)c1C. The standard InChI is InChI=1S/C16H23NO3/c1-12-5-3-8-15(13(12)2)20-11-16(19)17(9-10-18)14-6-4-7-14/h3,5,8,14,18H,4,6-7,9-11H2,1-2H3. The van der Waals surface area contributed by atoms with Crippen LogP contribution in [0.1, 0.15) is 30.4 Å². The summed E-state index contributed by atoms with van der Waals surface area (Å²) in [5, 5.41) is 9.09. The summed E-state index contributed by atoms with van der Waals surface area (Å²) >= 11 is 0. The van der Waals surface area contributed by atoms with Gasteiger partial charge in [-0.2, -0.15) is 0 Å². The van der Waals surface area contributed by atoms with E-state index in [1.165, 1.54) is 0 Å². The Labute approximate surface area is 120 Å². The second kappa shape index (κ2) is 6.75. The molecular weight excluding hydrogens is 254 g/mol. The Morgan fingerprint density at radius 3 is 2.75 bits per heavy atom. The van der Waals surface area contributed by atoms with Crippen LogP contribution >= 0.6 is 0 Å². The number of ether oxygens (including phenoxy) is 1. The van der Waals surface area contributed by atoms with E-state index < -0.39 is 0 Å². The zero-order valence-electron chi connectivity index (χ0n) is 12.3. The molecule has 0 bridgehead atoms. The Morgan fingerprint density at radius 2 is 2.15 bits per heavy atom. The van der Waals surface area contributed by atoms with Gasteiger partial charge in [0.2, 0.25) is 0 Å². The third kappa shape index (κ3) is 3.31. The molecule has 4 nitrogen and oxygen atoms in total. The predicted molar refractivity (Wildman–Crippen MR) is 77.8 cm³/mol. The van der Waals surface area contributed by atoms with Gasteiger partial charge in [0.25, 0.3) is 5.91 Å². The van der Waals surface area contributed by atoms with Crippen molar-refractivity contribution in [1.29, 1.82) is 0 Å². The molecule has 0 unspecified atom stereocenters. The third-order valence-electron chi connectivity index (χ3n) is 4.08. The minimum Gasteiger partial charge on any atom is -0.483 e. The summed E-state index contributed by atoms with van der Waals surface area (Å²) < 4.78 is 5.65. The normalized spacial score (nSPS) is 14.8. The van der Waals surface area contributed by atoms with E-state index in [-0.39, 0.29) is 25.2 Å². The number of hydrogen-bond acceptors (Lipinski definition) is 3. The van der Waals surface area contributed by atoms with Crippen LogP contribution in [0.4, 0.5) is 0 Å². The number of rotatable bonds is 6. The maximum Gasteiger partial charge on any atom is 0.260 e. The van der Waals surface area contributed by atoms with E-state index >= 15 is 0 Å². The van der Waals surface area contributed by atoms with Crippen LogP contribution in [0.2, 0.25) is 0 Å². The maximum absolute atomic E-state index is 12.2. The number of carbonyl (C=O) groups is 1. The Bertz CT molecular complexity index is 469. The van der Waals surface area contributed by atoms with Crippen LogP contribution in [-0.4, -0.2) is 41.7 Å². The summed E-state index contributed by atoms with van der Waals surface area (Å²) in [4.78, 5) is 14.0. The monoisotopic (exact) mass is 277 g/mol. The lowest BCUT2D eigenvalue weighted by Crippen LogP contribution is -2.47. The van der Waals surface area contributed by atoms with Gasteiger partial charge in [0.1, 0.15) is 5.75 Å². The van der Waals surface area contributed by atoms with E-state index in [4.69, 9.17) is 9.84 Å². The molecule has 4 heteroatoms. The second-order valence-electron chi connectivity index (χ2n) is 5.38. The van der Waals surface area contributed by atoms with Crippen LogP contribution in [-0.2, 0) is 4.79 Å². The largest absolute Gasteiger partial charge is 0.483 e. The Hall–Kier alpha value is -1.55. The second-order valence-corrected chi connectivity index (χ2v) is 5.38. The molecule has 0 heterocycles. The van der Waals surface area contributed by atoms with Crippen molar-refractivity contribution in [2.75, 3.05) is 19.8 Å². The molecule has 0 atom stereocenters. The molecule has 1 aromatic rings. The predicted octanol–water partition coefficient (Wildman–Crippen LogP) is 2.06. The van der Waals surface area contributed by atoms with Crippen molar-refractivity contribution in [2.24, 2.45) is 0 Å². The number of nitrogens with zero attached hydrogens (tertiary/aromatic N) is 1. The summed E-state index contributed by atoms with van der Waals surface area (Å²) in [6.45, 7) is 4.47. The summed E-state index contributed by atoms with van der Waals surface area (Å²) in [7, 11) is 0. The highest BCUT2D eigenvalue weighted by Crippen LogP contribution is 2.25. The van der Waals surface area contributed by atoms with E-state index in [9.17, 15) is 4.79 Å². The molecule has 1 amide bonds. The number of benzene rings is 1. The van der Waals surface area contributed by atoms with Crippen molar-refractivity contribution in [3.63, 3.8) is 0 Å². The van der Waals surface area contributed by atoms with Crippen molar-refractivity contribution >= 4 is 5.91 Å². The van der Waals surface area contributed by atoms with Gasteiger partial charge in [0.15, 0.2) is 6.61 Å². The maximum atomic E-state index is 12.2. The molecule has 1 fully saturated rings. The molecule has 2 rings (SSSR count). The zero-order valence-corrected chi connectivity index (χ0v) is 12.3. The van der Waals surface area contributed by atoms with Gasteiger partial charge in [0.05, 0.1) is 6.61 Å². The number of aliphatic hydroxyl groups excluding tert-OH is 1. The van der Waals surface area contributed by atoms with Crippen LogP contribution in [0, 0.1) is 13.8 Å². The first kappa shape index (κ1) is 14.9. The molecule has 0 saturated heterocycles. The highest BCUT2D eigenvalue weighted by Gasteiger charge is 2.28. The molecule has 0 radical (unpaired) electrons. The number of aryl methyl sites for hydroxylation is 1. The summed E-state index contributed by atoms with van der Waals surface area (Å²) in [6.07, 6.45) is 3.24. The fraction of sp³-hybridized carbons (Fsp3) is 0.562. The summed E-state index contributed by atoms with van der Waals surface area (Å²) in [5.74, 6) is 0.723. The lowest BCUT2D eigenvalue weighted by atomic mass is 9.91. The lowest BCUT2D eigenvalue weighted by Gasteiger charge is -2.37. The average molecular weight is 277 g/mol. The van der Waals surface area contributed by atoms with Crippen molar-refractivity contribution in [2.45, 2.75) is 39.2 Å². The van der Waals surface area contributed by atoms with E-state index in [0.717, 1.165) is 36.1 Å². The molecule has 0 aliphatic heterocycles. The fourth-order valence-electron chi connectivity index (χ4n) is 2.42. The first-order chi connectivity index (χ1) is 9.63. The fourth-order valence-corrected chi connectivity index (χ4v) is 2.42. The number of amides is 1. The highest BCUT2D eigenvalue weighted by molar-refractivity contribution is 5.78. The van der Waals surface area contributed by atoms with Crippen molar-refractivity contribution < 1.29 is 14.6 Å². The van der Waals surface area contributed by atoms with E-state index in [0.29, 0.717) is 6.54 Å². The molecule has 1 aliphatic carbocycles. The van der Waals surface area contributed by atoms with Crippen LogP contribution in [0.5, 0.6) is 5.75 Å². The average Bonchev–Trinajstić information content (AvgIpc) is 2.37. The quantitative estimate of drug-likeness (QED) is 0.866. The van der Waals surface area contributed by atoms with E-state index in [1.807, 2.05) is 32.0 Å². The van der Waals surface area contributed by atoms with Gasteiger partial charge < -0.3 is 14.7 Å². The molecule has 0 spiro atoms. The third-order valence-corrected chi connectivity index (χ3v) is 4.08. The molecule has 0 aromatic heterocycles. The Balaban J connectivity index is 1.94. The van der Waals surface area contributed by atoms with Gasteiger partial charge in [-0.25, -0.2) is 0 Å². The molecule has 1 aromatic carbocycles. The van der Waals surface area contributed by atoms with Gasteiger partial charge in [-0.1, -0.05) is 12.1 Å². The van der Waals surface area contributed by atoms with Gasteiger partial charge in [-0.05, 0) is 50.3 Å². The lowest BCUT2D eigenvalue weighted by molar-refractivity contribution is -0.138. The van der Waals surface area contributed by atoms with Crippen LogP contribution in [0.3, 0.4) is 0 Å². The highest BCUT2D eigenvalue weighted by atomic mass is 16.5. The molecule has 1 saturated carbocycles. The zero-order chi connectivity index (χ0) is 14.5. The Kier molecular flexibility index (Phi) is 5.01. The first-order valence-corrected chi connectivity index (χ1v) is 7.23.